The van der Waals surface area contributed by atoms with Crippen molar-refractivity contribution in [2.75, 3.05) is 11.4 Å². The number of rotatable bonds is 4. The molecular formula is C16H18N2O. The predicted molar refractivity (Wildman–Crippen MR) is 78.1 cm³/mol. The Kier molecular flexibility index (Phi) is 3.95. The zero-order chi connectivity index (χ0) is 13.8. The number of hydrogen-bond donors (Lipinski definition) is 0. The molecule has 1 heterocycles. The van der Waals surface area contributed by atoms with Crippen LogP contribution < -0.4 is 4.90 Å². The fourth-order valence-corrected chi connectivity index (χ4v) is 1.99. The number of anilines is 2. The summed E-state index contributed by atoms with van der Waals surface area (Å²) in [5.41, 5.74) is 3.00. The Morgan fingerprint density at radius 3 is 2.47 bits per heavy atom. The summed E-state index contributed by atoms with van der Waals surface area (Å²) in [7, 11) is 0. The van der Waals surface area contributed by atoms with Gasteiger partial charge in [0.15, 0.2) is 5.78 Å². The first-order chi connectivity index (χ1) is 9.11. The molecule has 2 rings (SSSR count). The van der Waals surface area contributed by atoms with Gasteiger partial charge in [0.05, 0.1) is 0 Å². The normalized spacial score (nSPS) is 10.3. The van der Waals surface area contributed by atoms with Crippen molar-refractivity contribution in [3.63, 3.8) is 0 Å². The highest BCUT2D eigenvalue weighted by Gasteiger charge is 2.10. The van der Waals surface area contributed by atoms with Crippen molar-refractivity contribution in [1.82, 2.24) is 4.98 Å². The molecule has 0 N–H and O–H groups in total. The second kappa shape index (κ2) is 5.65. The van der Waals surface area contributed by atoms with Crippen LogP contribution in [0.5, 0.6) is 0 Å². The Labute approximate surface area is 113 Å². The van der Waals surface area contributed by atoms with Crippen LogP contribution in [0.3, 0.4) is 0 Å². The summed E-state index contributed by atoms with van der Waals surface area (Å²) in [4.78, 5) is 17.9. The van der Waals surface area contributed by atoms with Crippen molar-refractivity contribution < 1.29 is 4.79 Å². The maximum Gasteiger partial charge on any atom is 0.159 e. The molecule has 0 radical (unpaired) electrons. The first-order valence-corrected chi connectivity index (χ1v) is 6.43. The molecule has 0 saturated carbocycles. The molecule has 0 spiro atoms. The minimum atomic E-state index is 0.0589. The topological polar surface area (TPSA) is 33.2 Å². The molecule has 98 valence electrons. The van der Waals surface area contributed by atoms with E-state index in [-0.39, 0.29) is 5.78 Å². The van der Waals surface area contributed by atoms with E-state index in [1.807, 2.05) is 6.07 Å². The number of pyridine rings is 1. The van der Waals surface area contributed by atoms with Crippen molar-refractivity contribution in [3.05, 3.63) is 53.7 Å². The Morgan fingerprint density at radius 1 is 1.21 bits per heavy atom. The molecule has 0 amide bonds. The standard InChI is InChI=1S/C16H18N2O/c1-4-18(15-7-5-12(2)6-8-15)16-11-14(13(3)19)9-10-17-16/h5-11H,4H2,1-3H3. The SMILES string of the molecule is CCN(c1ccc(C)cc1)c1cc(C(C)=O)ccn1. The Balaban J connectivity index is 2.39. The van der Waals surface area contributed by atoms with Crippen molar-refractivity contribution in [2.45, 2.75) is 20.8 Å². The molecule has 0 atom stereocenters. The lowest BCUT2D eigenvalue weighted by atomic mass is 10.1. The third-order valence-corrected chi connectivity index (χ3v) is 3.09. The minimum absolute atomic E-state index is 0.0589. The summed E-state index contributed by atoms with van der Waals surface area (Å²) in [6.45, 7) is 6.51. The van der Waals surface area contributed by atoms with E-state index in [4.69, 9.17) is 0 Å². The first kappa shape index (κ1) is 13.3. The molecule has 1 aromatic heterocycles. The molecule has 0 aliphatic heterocycles. The number of Topliss-reactive ketones (excluding diaryl/α,β-unsaturated/α-hetero) is 1. The molecular weight excluding hydrogens is 236 g/mol. The maximum absolute atomic E-state index is 11.4. The summed E-state index contributed by atoms with van der Waals surface area (Å²) >= 11 is 0. The minimum Gasteiger partial charge on any atom is -0.327 e. The lowest BCUT2D eigenvalue weighted by Gasteiger charge is -2.22. The van der Waals surface area contributed by atoms with Crippen LogP contribution in [-0.2, 0) is 0 Å². The number of hydrogen-bond acceptors (Lipinski definition) is 3. The van der Waals surface area contributed by atoms with Gasteiger partial charge in [-0.3, -0.25) is 4.79 Å². The number of nitrogens with zero attached hydrogens (tertiary/aromatic N) is 2. The quantitative estimate of drug-likeness (QED) is 0.779. The molecule has 2 aromatic rings. The number of benzene rings is 1. The average Bonchev–Trinajstić information content (AvgIpc) is 2.42. The summed E-state index contributed by atoms with van der Waals surface area (Å²) in [6.07, 6.45) is 1.68. The van der Waals surface area contributed by atoms with Gasteiger partial charge in [0.1, 0.15) is 5.82 Å². The zero-order valence-electron chi connectivity index (χ0n) is 11.6. The van der Waals surface area contributed by atoms with E-state index in [9.17, 15) is 4.79 Å². The van der Waals surface area contributed by atoms with Crippen LogP contribution in [0.1, 0.15) is 29.8 Å². The number of aryl methyl sites for hydroxylation is 1. The Bertz CT molecular complexity index is 576. The monoisotopic (exact) mass is 254 g/mol. The largest absolute Gasteiger partial charge is 0.327 e. The molecule has 1 aromatic carbocycles. The molecule has 3 heteroatoms. The van der Waals surface area contributed by atoms with E-state index in [0.717, 1.165) is 18.1 Å². The van der Waals surface area contributed by atoms with Crippen molar-refractivity contribution in [1.29, 1.82) is 0 Å². The van der Waals surface area contributed by atoms with Crippen LogP contribution in [0.15, 0.2) is 42.6 Å². The van der Waals surface area contributed by atoms with Crippen molar-refractivity contribution in [3.8, 4) is 0 Å². The number of aromatic nitrogens is 1. The van der Waals surface area contributed by atoms with E-state index in [2.05, 4.69) is 48.0 Å². The van der Waals surface area contributed by atoms with Gasteiger partial charge in [-0.15, -0.1) is 0 Å². The molecule has 0 saturated heterocycles. The summed E-state index contributed by atoms with van der Waals surface area (Å²) in [6, 6.07) is 11.9. The Morgan fingerprint density at radius 2 is 1.89 bits per heavy atom. The van der Waals surface area contributed by atoms with Crippen LogP contribution in [0, 0.1) is 6.92 Å². The van der Waals surface area contributed by atoms with Crippen LogP contribution in [-0.4, -0.2) is 17.3 Å². The van der Waals surface area contributed by atoms with Gasteiger partial charge in [0.2, 0.25) is 0 Å². The van der Waals surface area contributed by atoms with Gasteiger partial charge in [-0.05, 0) is 45.0 Å². The maximum atomic E-state index is 11.4. The van der Waals surface area contributed by atoms with Gasteiger partial charge in [-0.25, -0.2) is 4.98 Å². The third kappa shape index (κ3) is 2.99. The van der Waals surface area contributed by atoms with Gasteiger partial charge < -0.3 is 4.90 Å². The molecule has 3 nitrogen and oxygen atoms in total. The van der Waals surface area contributed by atoms with E-state index in [1.54, 1.807) is 19.2 Å². The van der Waals surface area contributed by atoms with Gasteiger partial charge >= 0.3 is 0 Å². The molecule has 0 fully saturated rings. The smallest absolute Gasteiger partial charge is 0.159 e. The van der Waals surface area contributed by atoms with Gasteiger partial charge in [0.25, 0.3) is 0 Å². The summed E-state index contributed by atoms with van der Waals surface area (Å²) in [5.74, 6) is 0.864. The zero-order valence-corrected chi connectivity index (χ0v) is 11.6. The lowest BCUT2D eigenvalue weighted by Crippen LogP contribution is -2.17. The van der Waals surface area contributed by atoms with E-state index < -0.39 is 0 Å². The van der Waals surface area contributed by atoms with Crippen molar-refractivity contribution in [2.24, 2.45) is 0 Å². The molecule has 19 heavy (non-hydrogen) atoms. The summed E-state index contributed by atoms with van der Waals surface area (Å²) in [5, 5.41) is 0. The molecule has 0 unspecified atom stereocenters. The van der Waals surface area contributed by atoms with Gasteiger partial charge in [-0.2, -0.15) is 0 Å². The highest BCUT2D eigenvalue weighted by atomic mass is 16.1. The highest BCUT2D eigenvalue weighted by molar-refractivity contribution is 5.94. The predicted octanol–water partition coefficient (Wildman–Crippen LogP) is 3.75. The van der Waals surface area contributed by atoms with Crippen LogP contribution in [0.4, 0.5) is 11.5 Å². The molecule has 0 aliphatic carbocycles. The fourth-order valence-electron chi connectivity index (χ4n) is 1.99. The summed E-state index contributed by atoms with van der Waals surface area (Å²) < 4.78 is 0. The molecule has 0 aliphatic rings. The van der Waals surface area contributed by atoms with Gasteiger partial charge in [-0.1, -0.05) is 17.7 Å². The van der Waals surface area contributed by atoms with E-state index in [1.165, 1.54) is 5.56 Å². The number of ketones is 1. The Hall–Kier alpha value is -2.16. The lowest BCUT2D eigenvalue weighted by molar-refractivity contribution is 0.101. The van der Waals surface area contributed by atoms with Crippen LogP contribution in [0.25, 0.3) is 0 Å². The van der Waals surface area contributed by atoms with Crippen LogP contribution in [0.2, 0.25) is 0 Å². The van der Waals surface area contributed by atoms with E-state index in [0.29, 0.717) is 5.56 Å². The van der Waals surface area contributed by atoms with Crippen molar-refractivity contribution >= 4 is 17.3 Å². The van der Waals surface area contributed by atoms with Gasteiger partial charge in [0, 0.05) is 24.0 Å². The number of carbonyl (C=O) groups excluding carboxylic acids is 1. The highest BCUT2D eigenvalue weighted by Crippen LogP contribution is 2.24. The second-order valence-corrected chi connectivity index (χ2v) is 4.54. The van der Waals surface area contributed by atoms with Crippen LogP contribution >= 0.6 is 0 Å². The first-order valence-electron chi connectivity index (χ1n) is 6.43. The van der Waals surface area contributed by atoms with E-state index >= 15 is 0 Å². The average molecular weight is 254 g/mol. The molecule has 0 bridgehead atoms. The number of carbonyl (C=O) groups is 1. The second-order valence-electron chi connectivity index (χ2n) is 4.54. The third-order valence-electron chi connectivity index (χ3n) is 3.09. The fraction of sp³-hybridized carbons (Fsp3) is 0.250.